The average molecular weight is 388 g/mol. The van der Waals surface area contributed by atoms with Crippen LogP contribution < -0.4 is 15.5 Å². The van der Waals surface area contributed by atoms with Crippen molar-refractivity contribution in [1.82, 2.24) is 25.5 Å². The number of hydrogen-bond acceptors (Lipinski definition) is 5. The largest absolute Gasteiger partial charge is 0.355 e. The highest BCUT2D eigenvalue weighted by atomic mass is 35.5. The Bertz CT molecular complexity index is 713. The van der Waals surface area contributed by atoms with E-state index in [0.29, 0.717) is 6.54 Å². The van der Waals surface area contributed by atoms with Crippen LogP contribution in [-0.4, -0.2) is 67.1 Å². The first-order valence-corrected chi connectivity index (χ1v) is 9.55. The molecule has 0 saturated carbocycles. The molecule has 1 fully saturated rings. The molecule has 1 aromatic carbocycles. The van der Waals surface area contributed by atoms with Crippen molar-refractivity contribution in [1.29, 1.82) is 0 Å². The second kappa shape index (κ2) is 10.1. The molecule has 2 aromatic rings. The Morgan fingerprint density at radius 1 is 1.07 bits per heavy atom. The van der Waals surface area contributed by atoms with Crippen molar-refractivity contribution in [2.24, 2.45) is 4.99 Å². The third-order valence-corrected chi connectivity index (χ3v) is 4.78. The first-order valence-electron chi connectivity index (χ1n) is 9.18. The molecule has 1 aliphatic rings. The molecule has 3 rings (SSSR count). The van der Waals surface area contributed by atoms with E-state index in [9.17, 15) is 0 Å². The lowest BCUT2D eigenvalue weighted by Crippen LogP contribution is -2.49. The third kappa shape index (κ3) is 6.08. The van der Waals surface area contributed by atoms with Crippen molar-refractivity contribution < 1.29 is 0 Å². The summed E-state index contributed by atoms with van der Waals surface area (Å²) >= 11 is 5.92. The van der Waals surface area contributed by atoms with E-state index >= 15 is 0 Å². The maximum absolute atomic E-state index is 5.92. The van der Waals surface area contributed by atoms with Crippen molar-refractivity contribution in [3.8, 4) is 0 Å². The predicted molar refractivity (Wildman–Crippen MR) is 110 cm³/mol. The summed E-state index contributed by atoms with van der Waals surface area (Å²) in [5, 5.41) is 7.45. The third-order valence-electron chi connectivity index (χ3n) is 4.52. The minimum Gasteiger partial charge on any atom is -0.355 e. The summed E-state index contributed by atoms with van der Waals surface area (Å²) in [7, 11) is 1.79. The van der Waals surface area contributed by atoms with E-state index in [-0.39, 0.29) is 0 Å². The molecule has 0 aliphatic carbocycles. The van der Waals surface area contributed by atoms with Crippen molar-refractivity contribution in [2.45, 2.75) is 6.54 Å². The number of aliphatic imine (C=N–C) groups is 1. The molecule has 1 saturated heterocycles. The molecule has 144 valence electrons. The number of anilines is 1. The molecule has 8 heteroatoms. The van der Waals surface area contributed by atoms with Gasteiger partial charge in [-0.25, -0.2) is 9.97 Å². The lowest BCUT2D eigenvalue weighted by atomic mass is 10.2. The Morgan fingerprint density at radius 3 is 2.44 bits per heavy atom. The van der Waals surface area contributed by atoms with Gasteiger partial charge < -0.3 is 15.5 Å². The van der Waals surface area contributed by atoms with E-state index in [1.165, 1.54) is 5.56 Å². The number of benzene rings is 1. The van der Waals surface area contributed by atoms with Gasteiger partial charge in [0, 0.05) is 70.3 Å². The van der Waals surface area contributed by atoms with Crippen LogP contribution in [0.4, 0.5) is 5.95 Å². The van der Waals surface area contributed by atoms with Gasteiger partial charge in [-0.3, -0.25) is 9.89 Å². The molecular weight excluding hydrogens is 362 g/mol. The molecule has 1 aromatic heterocycles. The molecule has 0 atom stereocenters. The second-order valence-corrected chi connectivity index (χ2v) is 6.79. The Balaban J connectivity index is 1.34. The van der Waals surface area contributed by atoms with Gasteiger partial charge in [-0.15, -0.1) is 0 Å². The predicted octanol–water partition coefficient (Wildman–Crippen LogP) is 1.62. The SMILES string of the molecule is CN=C(NCCN1CCN(c2ncccn2)CC1)NCc1ccc(Cl)cc1. The average Bonchev–Trinajstić information content (AvgIpc) is 2.73. The number of guanidine groups is 1. The summed E-state index contributed by atoms with van der Waals surface area (Å²) in [5.41, 5.74) is 1.17. The van der Waals surface area contributed by atoms with Crippen molar-refractivity contribution in [2.75, 3.05) is 51.2 Å². The maximum atomic E-state index is 5.92. The topological polar surface area (TPSA) is 68.7 Å². The minimum absolute atomic E-state index is 0.715. The van der Waals surface area contributed by atoms with E-state index in [1.54, 1.807) is 19.4 Å². The van der Waals surface area contributed by atoms with Crippen LogP contribution in [-0.2, 0) is 6.54 Å². The molecule has 0 unspecified atom stereocenters. The highest BCUT2D eigenvalue weighted by molar-refractivity contribution is 6.30. The van der Waals surface area contributed by atoms with Gasteiger partial charge >= 0.3 is 0 Å². The van der Waals surface area contributed by atoms with Gasteiger partial charge in [0.1, 0.15) is 0 Å². The fourth-order valence-electron chi connectivity index (χ4n) is 2.97. The fraction of sp³-hybridized carbons (Fsp3) is 0.421. The first kappa shape index (κ1) is 19.4. The summed E-state index contributed by atoms with van der Waals surface area (Å²) in [4.78, 5) is 17.6. The molecular formula is C19H26ClN7. The van der Waals surface area contributed by atoms with E-state index in [4.69, 9.17) is 11.6 Å². The molecule has 0 radical (unpaired) electrons. The second-order valence-electron chi connectivity index (χ2n) is 6.36. The van der Waals surface area contributed by atoms with E-state index in [0.717, 1.165) is 56.2 Å². The molecule has 2 heterocycles. The lowest BCUT2D eigenvalue weighted by molar-refractivity contribution is 0.260. The van der Waals surface area contributed by atoms with Gasteiger partial charge in [0.05, 0.1) is 0 Å². The molecule has 1 aliphatic heterocycles. The van der Waals surface area contributed by atoms with E-state index in [1.807, 2.05) is 30.3 Å². The molecule has 2 N–H and O–H groups in total. The van der Waals surface area contributed by atoms with E-state index in [2.05, 4.69) is 35.4 Å². The van der Waals surface area contributed by atoms with Gasteiger partial charge in [0.15, 0.2) is 5.96 Å². The number of nitrogens with zero attached hydrogens (tertiary/aromatic N) is 5. The van der Waals surface area contributed by atoms with Crippen LogP contribution in [0.2, 0.25) is 5.02 Å². The van der Waals surface area contributed by atoms with Crippen LogP contribution in [0.5, 0.6) is 0 Å². The number of aromatic nitrogens is 2. The summed E-state index contributed by atoms with van der Waals surface area (Å²) in [6, 6.07) is 9.67. The van der Waals surface area contributed by atoms with Crippen molar-refractivity contribution in [3.63, 3.8) is 0 Å². The zero-order valence-electron chi connectivity index (χ0n) is 15.6. The van der Waals surface area contributed by atoms with Gasteiger partial charge in [-0.2, -0.15) is 0 Å². The molecule has 27 heavy (non-hydrogen) atoms. The number of rotatable bonds is 6. The molecule has 7 nitrogen and oxygen atoms in total. The first-order chi connectivity index (χ1) is 13.2. The summed E-state index contributed by atoms with van der Waals surface area (Å²) < 4.78 is 0. The highest BCUT2D eigenvalue weighted by Gasteiger charge is 2.18. The van der Waals surface area contributed by atoms with Gasteiger partial charge in [-0.1, -0.05) is 23.7 Å². The quantitative estimate of drug-likeness (QED) is 0.580. The Morgan fingerprint density at radius 2 is 1.78 bits per heavy atom. The fourth-order valence-corrected chi connectivity index (χ4v) is 3.09. The Kier molecular flexibility index (Phi) is 7.24. The monoisotopic (exact) mass is 387 g/mol. The molecule has 0 amide bonds. The maximum Gasteiger partial charge on any atom is 0.225 e. The number of nitrogens with one attached hydrogen (secondary N) is 2. The van der Waals surface area contributed by atoms with E-state index < -0.39 is 0 Å². The Labute approximate surface area is 165 Å². The summed E-state index contributed by atoms with van der Waals surface area (Å²) in [6.45, 7) is 6.47. The normalized spacial score (nSPS) is 15.6. The molecule has 0 bridgehead atoms. The summed E-state index contributed by atoms with van der Waals surface area (Å²) in [6.07, 6.45) is 3.59. The zero-order chi connectivity index (χ0) is 18.9. The van der Waals surface area contributed by atoms with Crippen LogP contribution in [0.1, 0.15) is 5.56 Å². The van der Waals surface area contributed by atoms with Gasteiger partial charge in [0.2, 0.25) is 5.95 Å². The van der Waals surface area contributed by atoms with Crippen molar-refractivity contribution in [3.05, 3.63) is 53.3 Å². The number of hydrogen-bond donors (Lipinski definition) is 2. The highest BCUT2D eigenvalue weighted by Crippen LogP contribution is 2.10. The van der Waals surface area contributed by atoms with Crippen LogP contribution in [0.15, 0.2) is 47.7 Å². The van der Waals surface area contributed by atoms with Gasteiger partial charge in [0.25, 0.3) is 0 Å². The van der Waals surface area contributed by atoms with Crippen LogP contribution in [0.3, 0.4) is 0 Å². The van der Waals surface area contributed by atoms with Crippen molar-refractivity contribution >= 4 is 23.5 Å². The Hall–Kier alpha value is -2.38. The number of piperazine rings is 1. The minimum atomic E-state index is 0.715. The van der Waals surface area contributed by atoms with Crippen LogP contribution >= 0.6 is 11.6 Å². The lowest BCUT2D eigenvalue weighted by Gasteiger charge is -2.34. The smallest absolute Gasteiger partial charge is 0.225 e. The number of halogens is 1. The zero-order valence-corrected chi connectivity index (χ0v) is 16.4. The van der Waals surface area contributed by atoms with Crippen LogP contribution in [0, 0.1) is 0 Å². The van der Waals surface area contributed by atoms with Gasteiger partial charge in [-0.05, 0) is 23.8 Å². The standard InChI is InChI=1S/C19H26ClN7/c1-21-18(25-15-16-3-5-17(20)6-4-16)22-9-10-26-11-13-27(14-12-26)19-23-7-2-8-24-19/h2-8H,9-15H2,1H3,(H2,21,22,25). The van der Waals surface area contributed by atoms with Crippen LogP contribution in [0.25, 0.3) is 0 Å². The molecule has 0 spiro atoms. The summed E-state index contributed by atoms with van der Waals surface area (Å²) in [5.74, 6) is 1.63.